The molecule has 0 spiro atoms. The van der Waals surface area contributed by atoms with Crippen molar-refractivity contribution >= 4 is 11.9 Å². The fraction of sp³-hybridized carbons (Fsp3) is 0.778. The molecule has 0 heterocycles. The molecule has 5 nitrogen and oxygen atoms in total. The summed E-state index contributed by atoms with van der Waals surface area (Å²) in [6.07, 6.45) is 2.76. The van der Waals surface area contributed by atoms with Crippen molar-refractivity contribution in [3.63, 3.8) is 0 Å². The molecule has 80 valence electrons. The predicted molar refractivity (Wildman–Crippen MR) is 48.7 cm³/mol. The molecule has 0 radical (unpaired) electrons. The second-order valence-electron chi connectivity index (χ2n) is 3.78. The normalized spacial score (nSPS) is 19.2. The summed E-state index contributed by atoms with van der Waals surface area (Å²) >= 11 is 0. The largest absolute Gasteiger partial charge is 0.481 e. The first-order chi connectivity index (χ1) is 6.52. The quantitative estimate of drug-likeness (QED) is 0.553. The van der Waals surface area contributed by atoms with Crippen LogP contribution < -0.4 is 5.32 Å². The van der Waals surface area contributed by atoms with Gasteiger partial charge in [0.2, 0.25) is 5.91 Å². The number of aliphatic hydroxyl groups is 1. The number of nitrogens with one attached hydrogen (secondary N) is 1. The Morgan fingerprint density at radius 1 is 1.29 bits per heavy atom. The number of rotatable bonds is 4. The predicted octanol–water partition coefficient (Wildman–Crippen LogP) is -0.118. The molecule has 1 aliphatic rings. The lowest BCUT2D eigenvalue weighted by Gasteiger charge is -2.21. The Morgan fingerprint density at radius 3 is 2.36 bits per heavy atom. The van der Waals surface area contributed by atoms with E-state index in [1.54, 1.807) is 0 Å². The molecule has 14 heavy (non-hydrogen) atoms. The Balaban J connectivity index is 2.25. The number of hydrogen-bond acceptors (Lipinski definition) is 3. The lowest BCUT2D eigenvalue weighted by atomic mass is 10.0. The summed E-state index contributed by atoms with van der Waals surface area (Å²) < 4.78 is 0. The monoisotopic (exact) mass is 201 g/mol. The molecule has 0 aromatic rings. The highest BCUT2D eigenvalue weighted by molar-refractivity contribution is 5.93. The average molecular weight is 201 g/mol. The molecule has 0 bridgehead atoms. The van der Waals surface area contributed by atoms with E-state index >= 15 is 0 Å². The number of amides is 1. The van der Waals surface area contributed by atoms with E-state index in [0.717, 1.165) is 12.8 Å². The van der Waals surface area contributed by atoms with Gasteiger partial charge in [0.1, 0.15) is 6.42 Å². The number of carboxylic acids is 1. The van der Waals surface area contributed by atoms with Crippen molar-refractivity contribution in [1.82, 2.24) is 5.32 Å². The molecule has 1 aliphatic carbocycles. The van der Waals surface area contributed by atoms with Crippen LogP contribution in [-0.2, 0) is 9.59 Å². The number of hydrogen-bond donors (Lipinski definition) is 3. The van der Waals surface area contributed by atoms with Gasteiger partial charge in [0.05, 0.1) is 5.60 Å². The SMILES string of the molecule is O=C(O)CC(=O)NCC1(O)CCCC1. The van der Waals surface area contributed by atoms with E-state index in [1.807, 2.05) is 0 Å². The standard InChI is InChI=1S/C9H15NO4/c11-7(5-8(12)13)10-6-9(14)3-1-2-4-9/h14H,1-6H2,(H,10,11)(H,12,13). The van der Waals surface area contributed by atoms with E-state index in [4.69, 9.17) is 5.11 Å². The minimum Gasteiger partial charge on any atom is -0.481 e. The maximum absolute atomic E-state index is 10.9. The van der Waals surface area contributed by atoms with Gasteiger partial charge in [-0.1, -0.05) is 12.8 Å². The Hall–Kier alpha value is -1.10. The van der Waals surface area contributed by atoms with Crippen molar-refractivity contribution in [2.75, 3.05) is 6.54 Å². The number of carbonyl (C=O) groups excluding carboxylic acids is 1. The zero-order valence-corrected chi connectivity index (χ0v) is 7.95. The van der Waals surface area contributed by atoms with Crippen molar-refractivity contribution in [2.24, 2.45) is 0 Å². The van der Waals surface area contributed by atoms with E-state index in [-0.39, 0.29) is 6.54 Å². The van der Waals surface area contributed by atoms with E-state index in [2.05, 4.69) is 5.32 Å². The third-order valence-electron chi connectivity index (χ3n) is 2.46. The fourth-order valence-corrected chi connectivity index (χ4v) is 1.67. The molecule has 1 saturated carbocycles. The summed E-state index contributed by atoms with van der Waals surface area (Å²) in [7, 11) is 0. The Labute approximate surface area is 82.1 Å². The summed E-state index contributed by atoms with van der Waals surface area (Å²) in [4.78, 5) is 21.1. The van der Waals surface area contributed by atoms with Crippen LogP contribution in [0.2, 0.25) is 0 Å². The molecule has 0 saturated heterocycles. The van der Waals surface area contributed by atoms with Crippen LogP contribution >= 0.6 is 0 Å². The second-order valence-corrected chi connectivity index (χ2v) is 3.78. The molecule has 1 amide bonds. The summed E-state index contributed by atoms with van der Waals surface area (Å²) in [6, 6.07) is 0. The van der Waals surface area contributed by atoms with Gasteiger partial charge in [-0.3, -0.25) is 9.59 Å². The van der Waals surface area contributed by atoms with Crippen molar-refractivity contribution in [3.8, 4) is 0 Å². The first-order valence-corrected chi connectivity index (χ1v) is 4.73. The summed E-state index contributed by atoms with van der Waals surface area (Å²) in [5, 5.41) is 20.6. The van der Waals surface area contributed by atoms with E-state index < -0.39 is 23.9 Å². The van der Waals surface area contributed by atoms with Crippen LogP contribution in [0.5, 0.6) is 0 Å². The number of aliphatic carboxylic acids is 1. The van der Waals surface area contributed by atoms with E-state index in [9.17, 15) is 14.7 Å². The maximum atomic E-state index is 10.9. The highest BCUT2D eigenvalue weighted by Gasteiger charge is 2.31. The van der Waals surface area contributed by atoms with Gasteiger partial charge in [-0.2, -0.15) is 0 Å². The highest BCUT2D eigenvalue weighted by atomic mass is 16.4. The van der Waals surface area contributed by atoms with Gasteiger partial charge in [-0.25, -0.2) is 0 Å². The third-order valence-corrected chi connectivity index (χ3v) is 2.46. The highest BCUT2D eigenvalue weighted by Crippen LogP contribution is 2.28. The van der Waals surface area contributed by atoms with Gasteiger partial charge in [-0.05, 0) is 12.8 Å². The molecule has 3 N–H and O–H groups in total. The van der Waals surface area contributed by atoms with Gasteiger partial charge < -0.3 is 15.5 Å². The molecule has 0 atom stereocenters. The second kappa shape index (κ2) is 4.41. The van der Waals surface area contributed by atoms with Gasteiger partial charge in [0, 0.05) is 6.54 Å². The zero-order valence-electron chi connectivity index (χ0n) is 7.95. The maximum Gasteiger partial charge on any atom is 0.312 e. The van der Waals surface area contributed by atoms with E-state index in [1.165, 1.54) is 0 Å². The fourth-order valence-electron chi connectivity index (χ4n) is 1.67. The Morgan fingerprint density at radius 2 is 1.86 bits per heavy atom. The summed E-state index contributed by atoms with van der Waals surface area (Å²) in [5.74, 6) is -1.70. The average Bonchev–Trinajstić information content (AvgIpc) is 2.49. The molecule has 0 aromatic carbocycles. The summed E-state index contributed by atoms with van der Waals surface area (Å²) in [6.45, 7) is 0.166. The van der Waals surface area contributed by atoms with Crippen LogP contribution in [0.1, 0.15) is 32.1 Å². The van der Waals surface area contributed by atoms with Crippen LogP contribution in [0.15, 0.2) is 0 Å². The first kappa shape index (κ1) is 11.0. The van der Waals surface area contributed by atoms with Crippen molar-refractivity contribution < 1.29 is 19.8 Å². The van der Waals surface area contributed by atoms with Crippen molar-refractivity contribution in [3.05, 3.63) is 0 Å². The molecular formula is C9H15NO4. The summed E-state index contributed by atoms with van der Waals surface area (Å²) in [5.41, 5.74) is -0.811. The molecule has 1 rings (SSSR count). The van der Waals surface area contributed by atoms with Gasteiger partial charge in [-0.15, -0.1) is 0 Å². The van der Waals surface area contributed by atoms with Gasteiger partial charge in [0.15, 0.2) is 0 Å². The van der Waals surface area contributed by atoms with Crippen LogP contribution in [0, 0.1) is 0 Å². The lowest BCUT2D eigenvalue weighted by Crippen LogP contribution is -2.41. The van der Waals surface area contributed by atoms with E-state index in [0.29, 0.717) is 12.8 Å². The smallest absolute Gasteiger partial charge is 0.312 e. The Bertz CT molecular complexity index is 233. The minimum atomic E-state index is -1.15. The number of carbonyl (C=O) groups is 2. The van der Waals surface area contributed by atoms with Crippen molar-refractivity contribution in [2.45, 2.75) is 37.7 Å². The van der Waals surface area contributed by atoms with Gasteiger partial charge in [0.25, 0.3) is 0 Å². The molecule has 1 fully saturated rings. The molecule has 0 aromatic heterocycles. The zero-order chi connectivity index (χ0) is 10.6. The first-order valence-electron chi connectivity index (χ1n) is 4.73. The van der Waals surface area contributed by atoms with Crippen LogP contribution in [0.3, 0.4) is 0 Å². The van der Waals surface area contributed by atoms with Crippen LogP contribution in [0.4, 0.5) is 0 Å². The molecular weight excluding hydrogens is 186 g/mol. The molecule has 5 heteroatoms. The lowest BCUT2D eigenvalue weighted by molar-refractivity contribution is -0.141. The van der Waals surface area contributed by atoms with Gasteiger partial charge >= 0.3 is 5.97 Å². The third kappa shape index (κ3) is 3.33. The topological polar surface area (TPSA) is 86.6 Å². The molecule has 0 aliphatic heterocycles. The number of carboxylic acid groups (broad SMARTS) is 1. The van der Waals surface area contributed by atoms with Crippen LogP contribution in [-0.4, -0.2) is 34.2 Å². The van der Waals surface area contributed by atoms with Crippen molar-refractivity contribution in [1.29, 1.82) is 0 Å². The Kier molecular flexibility index (Phi) is 3.46. The van der Waals surface area contributed by atoms with Crippen LogP contribution in [0.25, 0.3) is 0 Å². The minimum absolute atomic E-state index is 0.166. The molecule has 0 unspecified atom stereocenters.